The molecule has 4 atom stereocenters. The highest BCUT2D eigenvalue weighted by Gasteiger charge is 2.29. The Bertz CT molecular complexity index is 240. The number of carbonyl (C=O) groups is 1. The third-order valence-electron chi connectivity index (χ3n) is 3.98. The molecule has 1 aliphatic rings. The van der Waals surface area contributed by atoms with E-state index in [1.54, 1.807) is 4.90 Å². The molecule has 16 heavy (non-hydrogen) atoms. The molecule has 3 nitrogen and oxygen atoms in total. The minimum atomic E-state index is -0.0623. The second-order valence-electron chi connectivity index (χ2n) is 5.49. The minimum absolute atomic E-state index is 0.0623. The molecule has 0 aliphatic heterocycles. The van der Waals surface area contributed by atoms with E-state index in [0.717, 1.165) is 5.92 Å². The van der Waals surface area contributed by atoms with Crippen LogP contribution in [-0.4, -0.2) is 37.0 Å². The Morgan fingerprint density at radius 3 is 2.50 bits per heavy atom. The van der Waals surface area contributed by atoms with Crippen molar-refractivity contribution in [2.45, 2.75) is 52.1 Å². The van der Waals surface area contributed by atoms with Crippen molar-refractivity contribution in [3.63, 3.8) is 0 Å². The van der Waals surface area contributed by atoms with Crippen molar-refractivity contribution in [1.29, 1.82) is 0 Å². The highest BCUT2D eigenvalue weighted by atomic mass is 16.2. The summed E-state index contributed by atoms with van der Waals surface area (Å²) in [5, 5.41) is 3.49. The smallest absolute Gasteiger partial charge is 0.238 e. The van der Waals surface area contributed by atoms with Crippen LogP contribution < -0.4 is 5.32 Å². The van der Waals surface area contributed by atoms with Gasteiger partial charge in [0.05, 0.1) is 6.04 Å². The van der Waals surface area contributed by atoms with E-state index in [0.29, 0.717) is 12.0 Å². The summed E-state index contributed by atoms with van der Waals surface area (Å²) in [6.07, 6.45) is 3.82. The number of carbonyl (C=O) groups excluding carboxylic acids is 1. The van der Waals surface area contributed by atoms with Crippen molar-refractivity contribution in [3.8, 4) is 0 Å². The Hall–Kier alpha value is -0.570. The molecule has 0 saturated heterocycles. The average Bonchev–Trinajstić information content (AvgIpc) is 2.23. The number of nitrogens with one attached hydrogen (secondary N) is 1. The molecule has 0 spiro atoms. The lowest BCUT2D eigenvalue weighted by atomic mass is 9.78. The van der Waals surface area contributed by atoms with Crippen LogP contribution in [0.3, 0.4) is 0 Å². The first kappa shape index (κ1) is 13.5. The largest absolute Gasteiger partial charge is 0.347 e. The highest BCUT2D eigenvalue weighted by molar-refractivity contribution is 5.80. The average molecular weight is 226 g/mol. The van der Waals surface area contributed by atoms with Gasteiger partial charge in [0.25, 0.3) is 0 Å². The van der Waals surface area contributed by atoms with Gasteiger partial charge in [-0.2, -0.15) is 0 Å². The zero-order valence-corrected chi connectivity index (χ0v) is 11.3. The summed E-state index contributed by atoms with van der Waals surface area (Å²) in [5.74, 6) is 1.62. The Morgan fingerprint density at radius 2 is 1.94 bits per heavy atom. The van der Waals surface area contributed by atoms with Crippen LogP contribution in [0.4, 0.5) is 0 Å². The normalized spacial score (nSPS) is 32.2. The van der Waals surface area contributed by atoms with Crippen molar-refractivity contribution in [2.75, 3.05) is 14.1 Å². The Morgan fingerprint density at radius 1 is 1.31 bits per heavy atom. The van der Waals surface area contributed by atoms with Gasteiger partial charge < -0.3 is 10.2 Å². The van der Waals surface area contributed by atoms with E-state index in [1.807, 2.05) is 21.0 Å². The van der Waals surface area contributed by atoms with Crippen molar-refractivity contribution < 1.29 is 4.79 Å². The van der Waals surface area contributed by atoms with Crippen LogP contribution in [0.25, 0.3) is 0 Å². The fraction of sp³-hybridized carbons (Fsp3) is 0.923. The Balaban J connectivity index is 2.49. The van der Waals surface area contributed by atoms with Gasteiger partial charge in [-0.25, -0.2) is 0 Å². The van der Waals surface area contributed by atoms with Crippen LogP contribution in [0.5, 0.6) is 0 Å². The minimum Gasteiger partial charge on any atom is -0.347 e. The van der Waals surface area contributed by atoms with Gasteiger partial charge in [-0.15, -0.1) is 0 Å². The van der Waals surface area contributed by atoms with Crippen LogP contribution in [-0.2, 0) is 4.79 Å². The molecule has 1 rings (SSSR count). The molecule has 1 saturated carbocycles. The van der Waals surface area contributed by atoms with Crippen molar-refractivity contribution in [3.05, 3.63) is 0 Å². The summed E-state index contributed by atoms with van der Waals surface area (Å²) < 4.78 is 0. The number of amides is 1. The molecular formula is C13H26N2O. The summed E-state index contributed by atoms with van der Waals surface area (Å²) in [4.78, 5) is 13.4. The van der Waals surface area contributed by atoms with Crippen LogP contribution in [0, 0.1) is 11.8 Å². The van der Waals surface area contributed by atoms with Gasteiger partial charge in [0.1, 0.15) is 0 Å². The van der Waals surface area contributed by atoms with Crippen LogP contribution in [0.15, 0.2) is 0 Å². The number of hydrogen-bond acceptors (Lipinski definition) is 2. The zero-order chi connectivity index (χ0) is 12.3. The van der Waals surface area contributed by atoms with E-state index in [-0.39, 0.29) is 11.9 Å². The maximum atomic E-state index is 11.8. The molecule has 0 bridgehead atoms. The molecule has 0 aromatic rings. The summed E-state index contributed by atoms with van der Waals surface area (Å²) in [5.41, 5.74) is 0. The fourth-order valence-corrected chi connectivity index (χ4v) is 2.60. The number of rotatable bonds is 3. The number of hydrogen-bond donors (Lipinski definition) is 1. The quantitative estimate of drug-likeness (QED) is 0.797. The molecule has 0 radical (unpaired) electrons. The van der Waals surface area contributed by atoms with Gasteiger partial charge in [0, 0.05) is 20.1 Å². The van der Waals surface area contributed by atoms with Gasteiger partial charge in [-0.3, -0.25) is 4.79 Å². The van der Waals surface area contributed by atoms with E-state index in [9.17, 15) is 4.79 Å². The molecule has 1 fully saturated rings. The lowest BCUT2D eigenvalue weighted by Gasteiger charge is -2.36. The molecule has 3 heteroatoms. The van der Waals surface area contributed by atoms with Gasteiger partial charge in [0.15, 0.2) is 0 Å². The van der Waals surface area contributed by atoms with Gasteiger partial charge >= 0.3 is 0 Å². The summed E-state index contributed by atoms with van der Waals surface area (Å²) in [7, 11) is 3.63. The first-order valence-corrected chi connectivity index (χ1v) is 6.40. The molecule has 0 heterocycles. The molecule has 1 N–H and O–H groups in total. The van der Waals surface area contributed by atoms with Gasteiger partial charge in [-0.05, 0) is 25.2 Å². The lowest BCUT2D eigenvalue weighted by Crippen LogP contribution is -2.50. The van der Waals surface area contributed by atoms with E-state index >= 15 is 0 Å². The third kappa shape index (κ3) is 3.21. The standard InChI is InChI=1S/C13H26N2O/c1-9-7-6-8-12(10(9)2)14-11(3)13(16)15(4)5/h9-12,14H,6-8H2,1-5H3/t9?,10?,11-,12?/m1/s1. The molecule has 1 aliphatic carbocycles. The van der Waals surface area contributed by atoms with Crippen molar-refractivity contribution in [2.24, 2.45) is 11.8 Å². The SMILES string of the molecule is CC1CCCC(N[C@H](C)C(=O)N(C)C)C1C. The van der Waals surface area contributed by atoms with Crippen molar-refractivity contribution in [1.82, 2.24) is 10.2 Å². The molecule has 3 unspecified atom stereocenters. The second kappa shape index (κ2) is 5.67. The van der Waals surface area contributed by atoms with Crippen LogP contribution >= 0.6 is 0 Å². The molecular weight excluding hydrogens is 200 g/mol. The number of likely N-dealkylation sites (N-methyl/N-ethyl adjacent to an activating group) is 1. The van der Waals surface area contributed by atoms with E-state index < -0.39 is 0 Å². The highest BCUT2D eigenvalue weighted by Crippen LogP contribution is 2.29. The first-order valence-electron chi connectivity index (χ1n) is 6.40. The first-order chi connectivity index (χ1) is 7.43. The van der Waals surface area contributed by atoms with Gasteiger partial charge in [0.2, 0.25) is 5.91 Å². The predicted molar refractivity (Wildman–Crippen MR) is 67.3 cm³/mol. The maximum Gasteiger partial charge on any atom is 0.238 e. The van der Waals surface area contributed by atoms with E-state index in [4.69, 9.17) is 0 Å². The predicted octanol–water partition coefficient (Wildman–Crippen LogP) is 1.88. The second-order valence-corrected chi connectivity index (χ2v) is 5.49. The summed E-state index contributed by atoms with van der Waals surface area (Å²) in [6, 6.07) is 0.440. The molecule has 0 aromatic heterocycles. The molecule has 94 valence electrons. The van der Waals surface area contributed by atoms with E-state index in [2.05, 4.69) is 19.2 Å². The summed E-state index contributed by atoms with van der Waals surface area (Å²) >= 11 is 0. The fourth-order valence-electron chi connectivity index (χ4n) is 2.60. The maximum absolute atomic E-state index is 11.8. The summed E-state index contributed by atoms with van der Waals surface area (Å²) in [6.45, 7) is 6.58. The lowest BCUT2D eigenvalue weighted by molar-refractivity contribution is -0.130. The van der Waals surface area contributed by atoms with Crippen LogP contribution in [0.2, 0.25) is 0 Å². The van der Waals surface area contributed by atoms with Gasteiger partial charge in [-0.1, -0.05) is 26.7 Å². The third-order valence-corrected chi connectivity index (χ3v) is 3.98. The van der Waals surface area contributed by atoms with Crippen molar-refractivity contribution >= 4 is 5.91 Å². The van der Waals surface area contributed by atoms with E-state index in [1.165, 1.54) is 19.3 Å². The number of nitrogens with zero attached hydrogens (tertiary/aromatic N) is 1. The topological polar surface area (TPSA) is 32.3 Å². The Labute approximate surface area is 99.6 Å². The molecule has 1 amide bonds. The zero-order valence-electron chi connectivity index (χ0n) is 11.3. The Kier molecular flexibility index (Phi) is 4.78. The monoisotopic (exact) mass is 226 g/mol. The van der Waals surface area contributed by atoms with Crippen LogP contribution in [0.1, 0.15) is 40.0 Å². The molecule has 0 aromatic carbocycles.